The first-order chi connectivity index (χ1) is 13.4. The van der Waals surface area contributed by atoms with Gasteiger partial charge in [0.05, 0.1) is 10.5 Å². The number of carboxylic acid groups (broad SMARTS) is 1. The summed E-state index contributed by atoms with van der Waals surface area (Å²) in [6.07, 6.45) is 0. The van der Waals surface area contributed by atoms with Crippen LogP contribution in [-0.2, 0) is 0 Å². The number of nitrogens with zero attached hydrogens (tertiary/aromatic N) is 1. The number of nitrogens with one attached hydrogen (secondary N) is 1. The van der Waals surface area contributed by atoms with Gasteiger partial charge in [0.2, 0.25) is 0 Å². The van der Waals surface area contributed by atoms with Crippen molar-refractivity contribution in [2.75, 3.05) is 5.32 Å². The fourth-order valence-corrected chi connectivity index (χ4v) is 2.38. The zero-order chi connectivity index (χ0) is 20.1. The zero-order valence-corrected chi connectivity index (χ0v) is 14.4. The molecule has 2 N–H and O–H groups in total. The molecular formula is C20H14N2O6. The maximum absolute atomic E-state index is 12.3. The molecule has 1 amide bonds. The largest absolute Gasteiger partial charge is 0.478 e. The molecule has 28 heavy (non-hydrogen) atoms. The van der Waals surface area contributed by atoms with Crippen LogP contribution in [-0.4, -0.2) is 21.9 Å². The lowest BCUT2D eigenvalue weighted by atomic mass is 10.1. The van der Waals surface area contributed by atoms with Gasteiger partial charge in [-0.15, -0.1) is 0 Å². The number of carboxylic acids is 1. The maximum Gasteiger partial charge on any atom is 0.335 e. The number of ether oxygens (including phenoxy) is 1. The summed E-state index contributed by atoms with van der Waals surface area (Å²) in [6, 6.07) is 17.8. The van der Waals surface area contributed by atoms with Gasteiger partial charge in [-0.05, 0) is 54.6 Å². The van der Waals surface area contributed by atoms with Crippen molar-refractivity contribution in [3.8, 4) is 11.5 Å². The molecule has 3 rings (SSSR count). The lowest BCUT2D eigenvalue weighted by Crippen LogP contribution is -2.12. The highest BCUT2D eigenvalue weighted by molar-refractivity contribution is 6.04. The van der Waals surface area contributed by atoms with Crippen molar-refractivity contribution in [1.29, 1.82) is 0 Å². The number of carbonyl (C=O) groups is 2. The average molecular weight is 378 g/mol. The van der Waals surface area contributed by atoms with E-state index in [2.05, 4.69) is 5.32 Å². The molecule has 8 nitrogen and oxygen atoms in total. The molecule has 0 unspecified atom stereocenters. The predicted octanol–water partition coefficient (Wildman–Crippen LogP) is 4.34. The van der Waals surface area contributed by atoms with Crippen LogP contribution in [0.5, 0.6) is 11.5 Å². The minimum absolute atomic E-state index is 0.0358. The van der Waals surface area contributed by atoms with Crippen LogP contribution in [0.2, 0.25) is 0 Å². The van der Waals surface area contributed by atoms with E-state index in [0.717, 1.165) is 0 Å². The highest BCUT2D eigenvalue weighted by atomic mass is 16.6. The van der Waals surface area contributed by atoms with Gasteiger partial charge in [-0.3, -0.25) is 14.9 Å². The lowest BCUT2D eigenvalue weighted by Gasteiger charge is -2.08. The third kappa shape index (κ3) is 4.50. The van der Waals surface area contributed by atoms with Crippen molar-refractivity contribution >= 4 is 23.3 Å². The first-order valence-corrected chi connectivity index (χ1v) is 8.09. The van der Waals surface area contributed by atoms with Gasteiger partial charge in [-0.1, -0.05) is 6.07 Å². The molecule has 0 aliphatic heterocycles. The summed E-state index contributed by atoms with van der Waals surface area (Å²) >= 11 is 0. The molecule has 0 bridgehead atoms. The van der Waals surface area contributed by atoms with Crippen LogP contribution in [0, 0.1) is 10.1 Å². The highest BCUT2D eigenvalue weighted by Gasteiger charge is 2.09. The topological polar surface area (TPSA) is 119 Å². The standard InChI is InChI=1S/C20H14N2O6/c23-19(21-15-3-1-2-14(12-15)20(24)25)13-4-8-17(9-5-13)28-18-10-6-16(7-11-18)22(26)27/h1-12H,(H,21,23)(H,24,25). The van der Waals surface area contributed by atoms with Gasteiger partial charge in [0.15, 0.2) is 0 Å². The third-order valence-electron chi connectivity index (χ3n) is 3.77. The summed E-state index contributed by atoms with van der Waals surface area (Å²) in [5.74, 6) is -0.597. The van der Waals surface area contributed by atoms with E-state index in [0.29, 0.717) is 22.7 Å². The van der Waals surface area contributed by atoms with Gasteiger partial charge in [0, 0.05) is 23.4 Å². The molecular weight excluding hydrogens is 364 g/mol. The van der Waals surface area contributed by atoms with E-state index in [4.69, 9.17) is 9.84 Å². The van der Waals surface area contributed by atoms with Crippen LogP contribution in [0.3, 0.4) is 0 Å². The zero-order valence-electron chi connectivity index (χ0n) is 14.4. The smallest absolute Gasteiger partial charge is 0.335 e. The van der Waals surface area contributed by atoms with Crippen molar-refractivity contribution in [2.24, 2.45) is 0 Å². The second kappa shape index (κ2) is 8.00. The van der Waals surface area contributed by atoms with Crippen LogP contribution in [0.15, 0.2) is 72.8 Å². The third-order valence-corrected chi connectivity index (χ3v) is 3.77. The highest BCUT2D eigenvalue weighted by Crippen LogP contribution is 2.24. The van der Waals surface area contributed by atoms with Crippen molar-refractivity contribution in [3.05, 3.63) is 94.0 Å². The predicted molar refractivity (Wildman–Crippen MR) is 101 cm³/mol. The Morgan fingerprint density at radius 3 is 2.07 bits per heavy atom. The Morgan fingerprint density at radius 1 is 0.893 bits per heavy atom. The Hall–Kier alpha value is -4.20. The molecule has 0 aliphatic carbocycles. The van der Waals surface area contributed by atoms with Crippen LogP contribution in [0.25, 0.3) is 0 Å². The Kier molecular flexibility index (Phi) is 5.31. The van der Waals surface area contributed by atoms with Gasteiger partial charge in [-0.25, -0.2) is 4.79 Å². The monoisotopic (exact) mass is 378 g/mol. The minimum atomic E-state index is -1.08. The van der Waals surface area contributed by atoms with E-state index >= 15 is 0 Å². The molecule has 0 aromatic heterocycles. The molecule has 140 valence electrons. The molecule has 0 saturated carbocycles. The number of benzene rings is 3. The Labute approximate surface area is 159 Å². The molecule has 0 radical (unpaired) electrons. The van der Waals surface area contributed by atoms with E-state index in [1.165, 1.54) is 36.4 Å². The number of nitro groups is 1. The van der Waals surface area contributed by atoms with Crippen LogP contribution in [0.4, 0.5) is 11.4 Å². The van der Waals surface area contributed by atoms with E-state index in [1.807, 2.05) is 0 Å². The van der Waals surface area contributed by atoms with Crippen molar-refractivity contribution in [3.63, 3.8) is 0 Å². The number of hydrogen-bond acceptors (Lipinski definition) is 5. The van der Waals surface area contributed by atoms with Gasteiger partial charge >= 0.3 is 5.97 Å². The van der Waals surface area contributed by atoms with E-state index in [9.17, 15) is 19.7 Å². The average Bonchev–Trinajstić information content (AvgIpc) is 2.69. The van der Waals surface area contributed by atoms with Gasteiger partial charge in [-0.2, -0.15) is 0 Å². The Balaban J connectivity index is 1.66. The summed E-state index contributed by atoms with van der Waals surface area (Å²) in [6.45, 7) is 0. The summed E-state index contributed by atoms with van der Waals surface area (Å²) < 4.78 is 5.59. The maximum atomic E-state index is 12.3. The van der Waals surface area contributed by atoms with Gasteiger partial charge in [0.25, 0.3) is 11.6 Å². The molecule has 3 aromatic rings. The van der Waals surface area contributed by atoms with Crippen molar-refractivity contribution in [2.45, 2.75) is 0 Å². The number of hydrogen-bond donors (Lipinski definition) is 2. The van der Waals surface area contributed by atoms with Crippen LogP contribution >= 0.6 is 0 Å². The Bertz CT molecular complexity index is 1030. The number of nitro benzene ring substituents is 1. The summed E-state index contributed by atoms with van der Waals surface area (Å²) in [5, 5.41) is 22.3. The second-order valence-electron chi connectivity index (χ2n) is 5.72. The van der Waals surface area contributed by atoms with E-state index < -0.39 is 16.8 Å². The summed E-state index contributed by atoms with van der Waals surface area (Å²) in [5.41, 5.74) is 0.767. The molecule has 0 spiro atoms. The Morgan fingerprint density at radius 2 is 1.50 bits per heavy atom. The lowest BCUT2D eigenvalue weighted by molar-refractivity contribution is -0.384. The SMILES string of the molecule is O=C(O)c1cccc(NC(=O)c2ccc(Oc3ccc([N+](=O)[O-])cc3)cc2)c1. The number of non-ortho nitro benzene ring substituents is 1. The van der Waals surface area contributed by atoms with E-state index in [-0.39, 0.29) is 11.3 Å². The quantitative estimate of drug-likeness (QED) is 0.486. The van der Waals surface area contributed by atoms with Crippen LogP contribution in [0.1, 0.15) is 20.7 Å². The van der Waals surface area contributed by atoms with Crippen molar-refractivity contribution in [1.82, 2.24) is 0 Å². The summed E-state index contributed by atoms with van der Waals surface area (Å²) in [7, 11) is 0. The number of carbonyl (C=O) groups excluding carboxylic acids is 1. The number of amides is 1. The van der Waals surface area contributed by atoms with Gasteiger partial charge < -0.3 is 15.2 Å². The van der Waals surface area contributed by atoms with Crippen molar-refractivity contribution < 1.29 is 24.4 Å². The number of aromatic carboxylic acids is 1. The normalized spacial score (nSPS) is 10.1. The first-order valence-electron chi connectivity index (χ1n) is 8.09. The second-order valence-corrected chi connectivity index (χ2v) is 5.72. The first kappa shape index (κ1) is 18.6. The molecule has 0 aliphatic rings. The molecule has 0 saturated heterocycles. The van der Waals surface area contributed by atoms with Crippen LogP contribution < -0.4 is 10.1 Å². The number of anilines is 1. The number of rotatable bonds is 6. The minimum Gasteiger partial charge on any atom is -0.478 e. The molecule has 0 atom stereocenters. The fraction of sp³-hybridized carbons (Fsp3) is 0. The molecule has 3 aromatic carbocycles. The van der Waals surface area contributed by atoms with E-state index in [1.54, 1.807) is 36.4 Å². The van der Waals surface area contributed by atoms with Gasteiger partial charge in [0.1, 0.15) is 11.5 Å². The fourth-order valence-electron chi connectivity index (χ4n) is 2.38. The molecule has 8 heteroatoms. The molecule has 0 fully saturated rings. The summed E-state index contributed by atoms with van der Waals surface area (Å²) in [4.78, 5) is 33.4. The molecule has 0 heterocycles.